The van der Waals surface area contributed by atoms with Crippen LogP contribution in [0, 0.1) is 6.92 Å². The van der Waals surface area contributed by atoms with Gasteiger partial charge in [-0.05, 0) is 6.92 Å². The van der Waals surface area contributed by atoms with Gasteiger partial charge in [-0.3, -0.25) is 14.2 Å². The Morgan fingerprint density at radius 3 is 2.75 bits per heavy atom. The summed E-state index contributed by atoms with van der Waals surface area (Å²) in [6.45, 7) is 1.67. The number of carbonyl (C=O) groups excluding carboxylic acids is 1. The molecule has 0 aliphatic carbocycles. The number of amides is 1. The zero-order valence-electron chi connectivity index (χ0n) is 6.87. The maximum atomic E-state index is 11.3. The van der Waals surface area contributed by atoms with Gasteiger partial charge in [-0.2, -0.15) is 0 Å². The normalized spacial score (nSPS) is 9.83. The number of rotatable bonds is 1. The van der Waals surface area contributed by atoms with Crippen molar-refractivity contribution in [1.29, 1.82) is 0 Å². The van der Waals surface area contributed by atoms with Gasteiger partial charge in [-0.25, -0.2) is 4.98 Å². The van der Waals surface area contributed by atoms with Gasteiger partial charge in [0.2, 0.25) is 0 Å². The molecule has 0 radical (unpaired) electrons. The lowest BCUT2D eigenvalue weighted by molar-refractivity contribution is 0.0998. The Hall–Kier alpha value is -1.65. The first-order valence-electron chi connectivity index (χ1n) is 3.36. The van der Waals surface area contributed by atoms with E-state index in [0.717, 1.165) is 0 Å². The van der Waals surface area contributed by atoms with E-state index in [1.807, 2.05) is 0 Å². The van der Waals surface area contributed by atoms with Crippen LogP contribution in [0.2, 0.25) is 0 Å². The van der Waals surface area contributed by atoms with Crippen LogP contribution in [-0.2, 0) is 7.05 Å². The van der Waals surface area contributed by atoms with Crippen LogP contribution < -0.4 is 11.3 Å². The van der Waals surface area contributed by atoms with Crippen molar-refractivity contribution in [2.24, 2.45) is 12.8 Å². The minimum atomic E-state index is -0.747. The first-order valence-corrected chi connectivity index (χ1v) is 3.36. The second-order valence-corrected chi connectivity index (χ2v) is 2.45. The third kappa shape index (κ3) is 1.20. The number of hydrogen-bond donors (Lipinski definition) is 1. The van der Waals surface area contributed by atoms with Crippen molar-refractivity contribution < 1.29 is 4.79 Å². The first kappa shape index (κ1) is 8.45. The molecule has 0 saturated carbocycles. The largest absolute Gasteiger partial charge is 0.365 e. The van der Waals surface area contributed by atoms with Gasteiger partial charge in [0.05, 0.1) is 0 Å². The molecule has 5 heteroatoms. The minimum Gasteiger partial charge on any atom is -0.365 e. The lowest BCUT2D eigenvalue weighted by Crippen LogP contribution is -2.29. The Balaban J connectivity index is 3.47. The van der Waals surface area contributed by atoms with Crippen molar-refractivity contribution in [3.63, 3.8) is 0 Å². The van der Waals surface area contributed by atoms with E-state index in [9.17, 15) is 9.59 Å². The monoisotopic (exact) mass is 167 g/mol. The van der Waals surface area contributed by atoms with Crippen LogP contribution in [0.3, 0.4) is 0 Å². The van der Waals surface area contributed by atoms with Gasteiger partial charge in [0.25, 0.3) is 11.5 Å². The number of carbonyl (C=O) groups is 1. The fourth-order valence-corrected chi connectivity index (χ4v) is 0.796. The van der Waals surface area contributed by atoms with Crippen LogP contribution in [0.1, 0.15) is 16.2 Å². The SMILES string of the molecule is Cc1ncc(C(N)=O)c(=O)n1C. The molecule has 0 spiro atoms. The Kier molecular flexibility index (Phi) is 1.95. The summed E-state index contributed by atoms with van der Waals surface area (Å²) in [7, 11) is 1.54. The number of nitrogens with zero attached hydrogens (tertiary/aromatic N) is 2. The fraction of sp³-hybridized carbons (Fsp3) is 0.286. The van der Waals surface area contributed by atoms with E-state index in [1.165, 1.54) is 17.8 Å². The number of nitrogens with two attached hydrogens (primary N) is 1. The molecule has 2 N–H and O–H groups in total. The van der Waals surface area contributed by atoms with Crippen molar-refractivity contribution in [3.8, 4) is 0 Å². The summed E-state index contributed by atoms with van der Waals surface area (Å²) in [6, 6.07) is 0. The van der Waals surface area contributed by atoms with Crippen LogP contribution in [0.15, 0.2) is 11.0 Å². The third-order valence-electron chi connectivity index (χ3n) is 1.67. The molecule has 1 aromatic rings. The Morgan fingerprint density at radius 1 is 1.67 bits per heavy atom. The molecule has 1 heterocycles. The van der Waals surface area contributed by atoms with Crippen LogP contribution >= 0.6 is 0 Å². The van der Waals surface area contributed by atoms with E-state index in [-0.39, 0.29) is 5.56 Å². The van der Waals surface area contributed by atoms with E-state index in [1.54, 1.807) is 6.92 Å². The highest BCUT2D eigenvalue weighted by Crippen LogP contribution is 1.89. The van der Waals surface area contributed by atoms with Crippen molar-refractivity contribution in [2.45, 2.75) is 6.92 Å². The maximum absolute atomic E-state index is 11.3. The number of aryl methyl sites for hydroxylation is 1. The van der Waals surface area contributed by atoms with E-state index < -0.39 is 11.5 Å². The first-order chi connectivity index (χ1) is 5.54. The lowest BCUT2D eigenvalue weighted by atomic mass is 10.3. The molecule has 1 rings (SSSR count). The number of hydrogen-bond acceptors (Lipinski definition) is 3. The molecule has 1 amide bonds. The second-order valence-electron chi connectivity index (χ2n) is 2.45. The molecule has 0 unspecified atom stereocenters. The third-order valence-corrected chi connectivity index (χ3v) is 1.67. The van der Waals surface area contributed by atoms with E-state index >= 15 is 0 Å². The van der Waals surface area contributed by atoms with Gasteiger partial charge >= 0.3 is 0 Å². The molecule has 0 fully saturated rings. The second kappa shape index (κ2) is 2.77. The summed E-state index contributed by atoms with van der Waals surface area (Å²) in [5.74, 6) is -0.201. The molecule has 0 atom stereocenters. The van der Waals surface area contributed by atoms with Crippen LogP contribution in [0.5, 0.6) is 0 Å². The van der Waals surface area contributed by atoms with Crippen molar-refractivity contribution in [2.75, 3.05) is 0 Å². The quantitative estimate of drug-likeness (QED) is 0.594. The van der Waals surface area contributed by atoms with Gasteiger partial charge in [0, 0.05) is 13.2 Å². The average Bonchev–Trinajstić information content (AvgIpc) is 2.00. The molecule has 0 aliphatic heterocycles. The zero-order chi connectivity index (χ0) is 9.30. The predicted octanol–water partition coefficient (Wildman–Crippen LogP) is -0.812. The minimum absolute atomic E-state index is 0.0805. The lowest BCUT2D eigenvalue weighted by Gasteiger charge is -2.02. The highest BCUT2D eigenvalue weighted by Gasteiger charge is 2.08. The summed E-state index contributed by atoms with van der Waals surface area (Å²) in [5.41, 5.74) is 4.45. The Morgan fingerprint density at radius 2 is 2.25 bits per heavy atom. The molecular formula is C7H9N3O2. The summed E-state index contributed by atoms with van der Waals surface area (Å²) in [4.78, 5) is 25.7. The van der Waals surface area contributed by atoms with E-state index in [0.29, 0.717) is 5.82 Å². The molecule has 0 aliphatic rings. The summed E-state index contributed by atoms with van der Waals surface area (Å²) in [5, 5.41) is 0. The molecule has 0 aromatic carbocycles. The van der Waals surface area contributed by atoms with Crippen LogP contribution in [0.25, 0.3) is 0 Å². The van der Waals surface area contributed by atoms with Crippen LogP contribution in [-0.4, -0.2) is 15.5 Å². The Labute approximate surface area is 68.8 Å². The van der Waals surface area contributed by atoms with Gasteiger partial charge < -0.3 is 5.73 Å². The predicted molar refractivity (Wildman–Crippen MR) is 42.7 cm³/mol. The standard InChI is InChI=1S/C7H9N3O2/c1-4-9-3-5(6(8)11)7(12)10(4)2/h3H,1-2H3,(H2,8,11). The zero-order valence-corrected chi connectivity index (χ0v) is 6.87. The van der Waals surface area contributed by atoms with Crippen molar-refractivity contribution in [3.05, 3.63) is 27.9 Å². The highest BCUT2D eigenvalue weighted by atomic mass is 16.2. The number of aromatic nitrogens is 2. The maximum Gasteiger partial charge on any atom is 0.266 e. The fourth-order valence-electron chi connectivity index (χ4n) is 0.796. The highest BCUT2D eigenvalue weighted by molar-refractivity contribution is 5.91. The summed E-state index contributed by atoms with van der Waals surface area (Å²) in [6.07, 6.45) is 1.19. The molecule has 0 saturated heterocycles. The summed E-state index contributed by atoms with van der Waals surface area (Å²) < 4.78 is 1.28. The smallest absolute Gasteiger partial charge is 0.266 e. The molecule has 1 aromatic heterocycles. The van der Waals surface area contributed by atoms with E-state index in [2.05, 4.69) is 4.98 Å². The summed E-state index contributed by atoms with van der Waals surface area (Å²) >= 11 is 0. The average molecular weight is 167 g/mol. The van der Waals surface area contributed by atoms with Gasteiger partial charge in [-0.1, -0.05) is 0 Å². The topological polar surface area (TPSA) is 78.0 Å². The van der Waals surface area contributed by atoms with Gasteiger partial charge in [-0.15, -0.1) is 0 Å². The molecule has 5 nitrogen and oxygen atoms in total. The van der Waals surface area contributed by atoms with Crippen LogP contribution in [0.4, 0.5) is 0 Å². The molecular weight excluding hydrogens is 158 g/mol. The molecule has 64 valence electrons. The van der Waals surface area contributed by atoms with E-state index in [4.69, 9.17) is 5.73 Å². The van der Waals surface area contributed by atoms with Gasteiger partial charge in [0.1, 0.15) is 11.4 Å². The molecule has 12 heavy (non-hydrogen) atoms. The molecule has 0 bridgehead atoms. The Bertz CT molecular complexity index is 381. The number of primary amides is 1. The van der Waals surface area contributed by atoms with Gasteiger partial charge in [0.15, 0.2) is 0 Å². The van der Waals surface area contributed by atoms with Crippen molar-refractivity contribution in [1.82, 2.24) is 9.55 Å². The van der Waals surface area contributed by atoms with Crippen molar-refractivity contribution >= 4 is 5.91 Å².